The Morgan fingerprint density at radius 3 is 2.45 bits per heavy atom. The van der Waals surface area contributed by atoms with Crippen LogP contribution < -0.4 is 5.46 Å². The van der Waals surface area contributed by atoms with Crippen LogP contribution in [0.3, 0.4) is 0 Å². The summed E-state index contributed by atoms with van der Waals surface area (Å²) in [6.45, 7) is 14.6. The van der Waals surface area contributed by atoms with Gasteiger partial charge in [-0.15, -0.1) is 0 Å². The average Bonchev–Trinajstić information content (AvgIpc) is 3.29. The Bertz CT molecular complexity index is 992. The van der Waals surface area contributed by atoms with Gasteiger partial charge in [0.2, 0.25) is 0 Å². The number of hydrogen-bond acceptors (Lipinski definition) is 5. The van der Waals surface area contributed by atoms with E-state index in [1.165, 1.54) is 0 Å². The van der Waals surface area contributed by atoms with Crippen molar-refractivity contribution in [2.45, 2.75) is 84.2 Å². The van der Waals surface area contributed by atoms with E-state index in [9.17, 15) is 4.79 Å². The second-order valence-corrected chi connectivity index (χ2v) is 10.7. The van der Waals surface area contributed by atoms with E-state index in [1.54, 1.807) is 0 Å². The first-order chi connectivity index (χ1) is 14.3. The SMILES string of the molecule is Cn1c(C2CCCN2C(=O)OC(C)(C)C)nc2ccc(B3OC(C)(C)C(C)(C)O3)cc21. The lowest BCUT2D eigenvalue weighted by Gasteiger charge is -2.32. The molecule has 1 aromatic heterocycles. The van der Waals surface area contributed by atoms with Crippen LogP contribution in [0.2, 0.25) is 0 Å². The third kappa shape index (κ3) is 3.96. The largest absolute Gasteiger partial charge is 0.494 e. The summed E-state index contributed by atoms with van der Waals surface area (Å²) in [5.41, 5.74) is 1.57. The molecule has 2 aliphatic heterocycles. The van der Waals surface area contributed by atoms with Gasteiger partial charge >= 0.3 is 13.2 Å². The maximum Gasteiger partial charge on any atom is 0.494 e. The van der Waals surface area contributed by atoms with E-state index in [0.717, 1.165) is 35.2 Å². The van der Waals surface area contributed by atoms with Crippen molar-refractivity contribution in [3.05, 3.63) is 24.0 Å². The predicted molar refractivity (Wildman–Crippen MR) is 121 cm³/mol. The zero-order valence-corrected chi connectivity index (χ0v) is 20.0. The maximum atomic E-state index is 12.8. The fourth-order valence-electron chi connectivity index (χ4n) is 4.22. The molecule has 168 valence electrons. The number of likely N-dealkylation sites (tertiary alicyclic amines) is 1. The number of aromatic nitrogens is 2. The molecular formula is C23H34BN3O4. The molecule has 0 N–H and O–H groups in total. The number of carbonyl (C=O) groups excluding carboxylic acids is 1. The summed E-state index contributed by atoms with van der Waals surface area (Å²) in [6, 6.07) is 6.02. The number of rotatable bonds is 2. The number of hydrogen-bond donors (Lipinski definition) is 0. The second kappa shape index (κ2) is 7.24. The van der Waals surface area contributed by atoms with Gasteiger partial charge in [0, 0.05) is 13.6 Å². The summed E-state index contributed by atoms with van der Waals surface area (Å²) in [6.07, 6.45) is 1.53. The minimum absolute atomic E-state index is 0.0902. The molecule has 2 aliphatic rings. The molecule has 31 heavy (non-hydrogen) atoms. The highest BCUT2D eigenvalue weighted by molar-refractivity contribution is 6.62. The minimum atomic E-state index is -0.520. The van der Waals surface area contributed by atoms with Gasteiger partial charge in [0.05, 0.1) is 28.3 Å². The monoisotopic (exact) mass is 427 g/mol. The predicted octanol–water partition coefficient (Wildman–Crippen LogP) is 3.94. The van der Waals surface area contributed by atoms with E-state index >= 15 is 0 Å². The van der Waals surface area contributed by atoms with Crippen LogP contribution in [0.15, 0.2) is 18.2 Å². The van der Waals surface area contributed by atoms with Crippen molar-refractivity contribution in [2.24, 2.45) is 7.05 Å². The van der Waals surface area contributed by atoms with Crippen LogP contribution >= 0.6 is 0 Å². The molecule has 0 aliphatic carbocycles. The molecule has 1 aromatic carbocycles. The van der Waals surface area contributed by atoms with E-state index in [4.69, 9.17) is 19.0 Å². The van der Waals surface area contributed by atoms with Crippen molar-refractivity contribution >= 4 is 29.7 Å². The molecule has 8 heteroatoms. The number of imidazole rings is 1. The zero-order chi connectivity index (χ0) is 22.8. The van der Waals surface area contributed by atoms with Crippen LogP contribution in [-0.4, -0.2) is 51.0 Å². The van der Waals surface area contributed by atoms with Crippen molar-refractivity contribution in [3.8, 4) is 0 Å². The fourth-order valence-corrected chi connectivity index (χ4v) is 4.22. The van der Waals surface area contributed by atoms with Crippen molar-refractivity contribution in [1.82, 2.24) is 14.5 Å². The van der Waals surface area contributed by atoms with Crippen LogP contribution in [-0.2, 0) is 21.1 Å². The molecule has 0 radical (unpaired) electrons. The quantitative estimate of drug-likeness (QED) is 0.680. The summed E-state index contributed by atoms with van der Waals surface area (Å²) in [5, 5.41) is 0. The van der Waals surface area contributed by atoms with Gasteiger partial charge < -0.3 is 18.6 Å². The molecule has 7 nitrogen and oxygen atoms in total. The first-order valence-electron chi connectivity index (χ1n) is 11.1. The Morgan fingerprint density at radius 2 is 1.84 bits per heavy atom. The highest BCUT2D eigenvalue weighted by Gasteiger charge is 2.51. The molecule has 2 fully saturated rings. The van der Waals surface area contributed by atoms with E-state index in [1.807, 2.05) is 44.9 Å². The molecule has 1 atom stereocenters. The summed E-state index contributed by atoms with van der Waals surface area (Å²) in [7, 11) is 1.59. The van der Waals surface area contributed by atoms with Crippen molar-refractivity contribution in [2.75, 3.05) is 6.54 Å². The molecule has 2 aromatic rings. The van der Waals surface area contributed by atoms with Crippen LogP contribution in [0.25, 0.3) is 11.0 Å². The number of benzene rings is 1. The van der Waals surface area contributed by atoms with Crippen LogP contribution in [0, 0.1) is 0 Å². The summed E-state index contributed by atoms with van der Waals surface area (Å²) < 4.78 is 20.1. The van der Waals surface area contributed by atoms with E-state index in [0.29, 0.717) is 6.54 Å². The van der Waals surface area contributed by atoms with Crippen LogP contribution in [0.1, 0.15) is 73.2 Å². The molecule has 1 unspecified atom stereocenters. The van der Waals surface area contributed by atoms with Gasteiger partial charge in [0.15, 0.2) is 0 Å². The van der Waals surface area contributed by atoms with Gasteiger partial charge in [-0.2, -0.15) is 0 Å². The van der Waals surface area contributed by atoms with Crippen LogP contribution in [0.5, 0.6) is 0 Å². The average molecular weight is 427 g/mol. The molecular weight excluding hydrogens is 393 g/mol. The Labute approximate surface area is 185 Å². The van der Waals surface area contributed by atoms with Gasteiger partial charge in [-0.25, -0.2) is 9.78 Å². The van der Waals surface area contributed by atoms with Crippen molar-refractivity contribution in [1.29, 1.82) is 0 Å². The number of fused-ring (bicyclic) bond motifs is 1. The van der Waals surface area contributed by atoms with Gasteiger partial charge in [-0.3, -0.25) is 4.90 Å². The summed E-state index contributed by atoms with van der Waals surface area (Å²) >= 11 is 0. The molecule has 4 rings (SSSR count). The first kappa shape index (κ1) is 22.2. The maximum absolute atomic E-state index is 12.8. The Balaban J connectivity index is 1.64. The highest BCUT2D eigenvalue weighted by atomic mass is 16.7. The standard InChI is InChI=1S/C23H34BN3O4/c1-21(2,3)29-20(28)27-13-9-10-17(27)19-25-16-12-11-15(14-18(16)26(19)8)24-30-22(4,5)23(6,7)31-24/h11-12,14,17H,9-10,13H2,1-8H3. The van der Waals surface area contributed by atoms with Crippen LogP contribution in [0.4, 0.5) is 4.79 Å². The van der Waals surface area contributed by atoms with E-state index in [2.05, 4.69) is 38.3 Å². The fraction of sp³-hybridized carbons (Fsp3) is 0.652. The molecule has 2 saturated heterocycles. The normalized spacial score (nSPS) is 23.0. The number of aryl methyl sites for hydroxylation is 1. The van der Waals surface area contributed by atoms with Gasteiger partial charge in [0.1, 0.15) is 11.4 Å². The molecule has 0 saturated carbocycles. The lowest BCUT2D eigenvalue weighted by atomic mass is 9.79. The lowest BCUT2D eigenvalue weighted by Crippen LogP contribution is -2.41. The lowest BCUT2D eigenvalue weighted by molar-refractivity contribution is 0.00578. The number of ether oxygens (including phenoxy) is 1. The molecule has 0 spiro atoms. The Kier molecular flexibility index (Phi) is 5.17. The number of amides is 1. The van der Waals surface area contributed by atoms with Gasteiger partial charge in [-0.05, 0) is 78.9 Å². The van der Waals surface area contributed by atoms with E-state index < -0.39 is 12.7 Å². The third-order valence-electron chi connectivity index (χ3n) is 6.64. The van der Waals surface area contributed by atoms with E-state index in [-0.39, 0.29) is 23.3 Å². The minimum Gasteiger partial charge on any atom is -0.444 e. The first-order valence-corrected chi connectivity index (χ1v) is 11.1. The smallest absolute Gasteiger partial charge is 0.444 e. The Morgan fingerprint density at radius 1 is 1.19 bits per heavy atom. The topological polar surface area (TPSA) is 65.8 Å². The number of carbonyl (C=O) groups is 1. The molecule has 1 amide bonds. The van der Waals surface area contributed by atoms with Crippen molar-refractivity contribution < 1.29 is 18.8 Å². The van der Waals surface area contributed by atoms with Gasteiger partial charge in [0.25, 0.3) is 0 Å². The summed E-state index contributed by atoms with van der Waals surface area (Å²) in [5.74, 6) is 0.879. The highest BCUT2D eigenvalue weighted by Crippen LogP contribution is 2.37. The third-order valence-corrected chi connectivity index (χ3v) is 6.64. The molecule has 0 bridgehead atoms. The van der Waals surface area contributed by atoms with Crippen molar-refractivity contribution in [3.63, 3.8) is 0 Å². The second-order valence-electron chi connectivity index (χ2n) is 10.7. The zero-order valence-electron chi connectivity index (χ0n) is 20.0. The Hall–Kier alpha value is -2.06. The van der Waals surface area contributed by atoms with Gasteiger partial charge in [-0.1, -0.05) is 6.07 Å². The summed E-state index contributed by atoms with van der Waals surface area (Å²) in [4.78, 5) is 19.4. The molecule has 3 heterocycles. The number of nitrogens with zero attached hydrogens (tertiary/aromatic N) is 3.